The molecule has 0 aliphatic heterocycles. The summed E-state index contributed by atoms with van der Waals surface area (Å²) in [5.74, 6) is 1.12. The van der Waals surface area contributed by atoms with Gasteiger partial charge in [-0.25, -0.2) is 0 Å². The predicted molar refractivity (Wildman–Crippen MR) is 81.0 cm³/mol. The van der Waals surface area contributed by atoms with Crippen LogP contribution < -0.4 is 5.32 Å². The van der Waals surface area contributed by atoms with Gasteiger partial charge in [-0.05, 0) is 31.1 Å². The monoisotopic (exact) mass is 280 g/mol. The normalized spacial score (nSPS) is 22.4. The molecule has 0 amide bonds. The molecular weight excluding hydrogens is 260 g/mol. The Labute approximate surface area is 118 Å². The first-order chi connectivity index (χ1) is 9.11. The molecule has 1 aromatic carbocycles. The molecule has 1 fully saturated rings. The number of aryl methyl sites for hydroxylation is 1. The van der Waals surface area contributed by atoms with E-state index in [2.05, 4.69) is 12.2 Å². The highest BCUT2D eigenvalue weighted by Crippen LogP contribution is 2.33. The molecule has 0 aromatic heterocycles. The molecule has 1 N–H and O–H groups in total. The van der Waals surface area contributed by atoms with Gasteiger partial charge in [-0.2, -0.15) is 11.8 Å². The van der Waals surface area contributed by atoms with Crippen molar-refractivity contribution in [1.82, 2.24) is 0 Å². The van der Waals surface area contributed by atoms with Gasteiger partial charge in [0.15, 0.2) is 0 Å². The van der Waals surface area contributed by atoms with E-state index in [0.29, 0.717) is 11.3 Å². The number of anilines is 1. The van der Waals surface area contributed by atoms with Gasteiger partial charge >= 0.3 is 0 Å². The largest absolute Gasteiger partial charge is 0.381 e. The van der Waals surface area contributed by atoms with Crippen molar-refractivity contribution in [2.45, 2.75) is 44.4 Å². The Morgan fingerprint density at radius 2 is 2.26 bits per heavy atom. The molecule has 0 radical (unpaired) electrons. The SMILES string of the molecule is CCSC1CCCC1Nc1cc([N+](=O)[O-])ccc1C. The van der Waals surface area contributed by atoms with Crippen molar-refractivity contribution in [1.29, 1.82) is 0 Å². The quantitative estimate of drug-likeness (QED) is 0.654. The molecule has 4 nitrogen and oxygen atoms in total. The number of hydrogen-bond acceptors (Lipinski definition) is 4. The molecule has 0 saturated heterocycles. The fraction of sp³-hybridized carbons (Fsp3) is 0.571. The zero-order valence-electron chi connectivity index (χ0n) is 11.4. The summed E-state index contributed by atoms with van der Waals surface area (Å²) in [5, 5.41) is 15.0. The molecule has 0 heterocycles. The van der Waals surface area contributed by atoms with Crippen molar-refractivity contribution < 1.29 is 4.92 Å². The highest BCUT2D eigenvalue weighted by molar-refractivity contribution is 7.99. The predicted octanol–water partition coefficient (Wildman–Crippen LogP) is 3.99. The van der Waals surface area contributed by atoms with Crippen molar-refractivity contribution >= 4 is 23.1 Å². The molecule has 2 atom stereocenters. The summed E-state index contributed by atoms with van der Waals surface area (Å²) >= 11 is 1.99. The van der Waals surface area contributed by atoms with E-state index in [1.165, 1.54) is 12.8 Å². The smallest absolute Gasteiger partial charge is 0.271 e. The van der Waals surface area contributed by atoms with Gasteiger partial charge in [-0.15, -0.1) is 0 Å². The molecule has 1 aromatic rings. The average molecular weight is 280 g/mol. The van der Waals surface area contributed by atoms with Gasteiger partial charge < -0.3 is 5.32 Å². The van der Waals surface area contributed by atoms with Crippen molar-refractivity contribution in [3.05, 3.63) is 33.9 Å². The van der Waals surface area contributed by atoms with Gasteiger partial charge in [0, 0.05) is 29.1 Å². The molecule has 1 aliphatic carbocycles. The van der Waals surface area contributed by atoms with E-state index in [9.17, 15) is 10.1 Å². The third-order valence-corrected chi connectivity index (χ3v) is 4.93. The minimum absolute atomic E-state index is 0.158. The van der Waals surface area contributed by atoms with E-state index < -0.39 is 0 Å². The van der Waals surface area contributed by atoms with Crippen LogP contribution in [0.25, 0.3) is 0 Å². The second-order valence-electron chi connectivity index (χ2n) is 4.93. The minimum atomic E-state index is -0.336. The van der Waals surface area contributed by atoms with Gasteiger partial charge in [-0.1, -0.05) is 19.4 Å². The Morgan fingerprint density at radius 3 is 2.95 bits per heavy atom. The average Bonchev–Trinajstić information content (AvgIpc) is 2.80. The van der Waals surface area contributed by atoms with Crippen LogP contribution in [-0.2, 0) is 0 Å². The van der Waals surface area contributed by atoms with E-state index in [1.54, 1.807) is 12.1 Å². The Hall–Kier alpha value is -1.23. The van der Waals surface area contributed by atoms with Crippen LogP contribution in [0.1, 0.15) is 31.7 Å². The van der Waals surface area contributed by atoms with Crippen molar-refractivity contribution in [3.8, 4) is 0 Å². The van der Waals surface area contributed by atoms with Crippen LogP contribution >= 0.6 is 11.8 Å². The van der Waals surface area contributed by atoms with E-state index in [0.717, 1.165) is 23.4 Å². The first-order valence-electron chi connectivity index (χ1n) is 6.75. The van der Waals surface area contributed by atoms with E-state index in [-0.39, 0.29) is 10.6 Å². The maximum absolute atomic E-state index is 10.8. The second-order valence-corrected chi connectivity index (χ2v) is 6.45. The minimum Gasteiger partial charge on any atom is -0.381 e. The summed E-state index contributed by atoms with van der Waals surface area (Å²) in [5.41, 5.74) is 2.13. The van der Waals surface area contributed by atoms with Crippen LogP contribution in [0.2, 0.25) is 0 Å². The molecule has 19 heavy (non-hydrogen) atoms. The Balaban J connectivity index is 2.13. The van der Waals surface area contributed by atoms with Crippen LogP contribution in [-0.4, -0.2) is 22.0 Å². The third kappa shape index (κ3) is 3.41. The van der Waals surface area contributed by atoms with Gasteiger partial charge in [0.1, 0.15) is 0 Å². The Bertz CT molecular complexity index is 465. The molecule has 2 unspecified atom stereocenters. The van der Waals surface area contributed by atoms with Crippen molar-refractivity contribution in [2.24, 2.45) is 0 Å². The number of nitrogens with zero attached hydrogens (tertiary/aromatic N) is 1. The zero-order valence-corrected chi connectivity index (χ0v) is 12.2. The van der Waals surface area contributed by atoms with Crippen LogP contribution in [0.4, 0.5) is 11.4 Å². The summed E-state index contributed by atoms with van der Waals surface area (Å²) < 4.78 is 0. The van der Waals surface area contributed by atoms with E-state index >= 15 is 0 Å². The highest BCUT2D eigenvalue weighted by Gasteiger charge is 2.27. The first kappa shape index (κ1) is 14.2. The van der Waals surface area contributed by atoms with E-state index in [4.69, 9.17) is 0 Å². The summed E-state index contributed by atoms with van der Waals surface area (Å²) in [6.07, 6.45) is 3.63. The van der Waals surface area contributed by atoms with Gasteiger partial charge in [0.2, 0.25) is 0 Å². The number of nitrogens with one attached hydrogen (secondary N) is 1. The van der Waals surface area contributed by atoms with Gasteiger partial charge in [0.05, 0.1) is 4.92 Å². The van der Waals surface area contributed by atoms with E-state index in [1.807, 2.05) is 24.8 Å². The number of non-ortho nitro benzene ring substituents is 1. The number of benzene rings is 1. The first-order valence-corrected chi connectivity index (χ1v) is 7.80. The summed E-state index contributed by atoms with van der Waals surface area (Å²) in [6.45, 7) is 4.17. The number of rotatable bonds is 5. The number of hydrogen-bond donors (Lipinski definition) is 1. The summed E-state index contributed by atoms with van der Waals surface area (Å²) in [6, 6.07) is 5.47. The lowest BCUT2D eigenvalue weighted by molar-refractivity contribution is -0.384. The fourth-order valence-electron chi connectivity index (χ4n) is 2.58. The standard InChI is InChI=1S/C14H20N2O2S/c1-3-19-14-6-4-5-12(14)15-13-9-11(16(17)18)8-7-10(13)2/h7-9,12,14-15H,3-6H2,1-2H3. The van der Waals surface area contributed by atoms with Crippen LogP contribution in [0, 0.1) is 17.0 Å². The number of thioether (sulfide) groups is 1. The molecule has 2 rings (SSSR count). The maximum Gasteiger partial charge on any atom is 0.271 e. The zero-order chi connectivity index (χ0) is 13.8. The van der Waals surface area contributed by atoms with Crippen LogP contribution in [0.5, 0.6) is 0 Å². The third-order valence-electron chi connectivity index (χ3n) is 3.61. The van der Waals surface area contributed by atoms with Gasteiger partial charge in [-0.3, -0.25) is 10.1 Å². The molecule has 0 bridgehead atoms. The van der Waals surface area contributed by atoms with Crippen molar-refractivity contribution in [2.75, 3.05) is 11.1 Å². The molecular formula is C14H20N2O2S. The fourth-order valence-corrected chi connectivity index (χ4v) is 3.78. The summed E-state index contributed by atoms with van der Waals surface area (Å²) in [4.78, 5) is 10.5. The number of nitro benzene ring substituents is 1. The Morgan fingerprint density at radius 1 is 1.47 bits per heavy atom. The molecule has 1 aliphatic rings. The highest BCUT2D eigenvalue weighted by atomic mass is 32.2. The van der Waals surface area contributed by atoms with Crippen LogP contribution in [0.15, 0.2) is 18.2 Å². The second kappa shape index (κ2) is 6.28. The van der Waals surface area contributed by atoms with Gasteiger partial charge in [0.25, 0.3) is 5.69 Å². The van der Waals surface area contributed by atoms with Crippen molar-refractivity contribution in [3.63, 3.8) is 0 Å². The molecule has 104 valence electrons. The number of nitro groups is 1. The van der Waals surface area contributed by atoms with Crippen LogP contribution in [0.3, 0.4) is 0 Å². The maximum atomic E-state index is 10.8. The summed E-state index contributed by atoms with van der Waals surface area (Å²) in [7, 11) is 0. The molecule has 1 saturated carbocycles. The lowest BCUT2D eigenvalue weighted by Crippen LogP contribution is -2.26. The lowest BCUT2D eigenvalue weighted by atomic mass is 10.1. The molecule has 5 heteroatoms. The topological polar surface area (TPSA) is 55.2 Å². The lowest BCUT2D eigenvalue weighted by Gasteiger charge is -2.22. The Kier molecular flexibility index (Phi) is 4.69. The molecule has 0 spiro atoms.